The van der Waals surface area contributed by atoms with Crippen LogP contribution in [0.3, 0.4) is 0 Å². The van der Waals surface area contributed by atoms with Crippen molar-refractivity contribution in [1.29, 1.82) is 0 Å². The summed E-state index contributed by atoms with van der Waals surface area (Å²) in [5.74, 6) is 0. The largest absolute Gasteiger partial charge is 0.445 e. The molecule has 2 fully saturated rings. The Morgan fingerprint density at radius 3 is 2.72 bits per heavy atom. The number of hydrogen-bond acceptors (Lipinski definition) is 3. The lowest BCUT2D eigenvalue weighted by atomic mass is 9.78. The Hall–Kier alpha value is -1.55. The molecule has 4 nitrogen and oxygen atoms in total. The zero-order valence-corrected chi connectivity index (χ0v) is 10.1. The molecule has 2 saturated carbocycles. The average molecular weight is 247 g/mol. The van der Waals surface area contributed by atoms with Gasteiger partial charge in [0.1, 0.15) is 6.61 Å². The average Bonchev–Trinajstić information content (AvgIpc) is 3.01. The van der Waals surface area contributed by atoms with Crippen molar-refractivity contribution in [1.82, 2.24) is 5.32 Å². The van der Waals surface area contributed by atoms with Crippen molar-refractivity contribution in [2.24, 2.45) is 5.41 Å². The Labute approximate surface area is 106 Å². The normalized spacial score (nSPS) is 32.7. The second kappa shape index (κ2) is 4.28. The van der Waals surface area contributed by atoms with E-state index >= 15 is 0 Å². The summed E-state index contributed by atoms with van der Waals surface area (Å²) in [4.78, 5) is 11.6. The van der Waals surface area contributed by atoms with Crippen molar-refractivity contribution in [2.75, 3.05) is 0 Å². The molecule has 0 bridgehead atoms. The van der Waals surface area contributed by atoms with E-state index in [9.17, 15) is 9.90 Å². The molecule has 2 N–H and O–H groups in total. The van der Waals surface area contributed by atoms with Crippen molar-refractivity contribution < 1.29 is 14.6 Å². The molecule has 0 heterocycles. The summed E-state index contributed by atoms with van der Waals surface area (Å²) >= 11 is 0. The van der Waals surface area contributed by atoms with E-state index in [2.05, 4.69) is 5.32 Å². The first-order valence-corrected chi connectivity index (χ1v) is 6.33. The third kappa shape index (κ3) is 2.20. The molecule has 2 aliphatic carbocycles. The Balaban J connectivity index is 1.41. The molecule has 3 rings (SSSR count). The molecular formula is C14H17NO3. The van der Waals surface area contributed by atoms with Gasteiger partial charge in [0.2, 0.25) is 0 Å². The topological polar surface area (TPSA) is 58.6 Å². The number of hydrogen-bond donors (Lipinski definition) is 2. The van der Waals surface area contributed by atoms with E-state index in [1.807, 2.05) is 30.3 Å². The molecule has 2 aliphatic rings. The minimum Gasteiger partial charge on any atom is -0.445 e. The number of aliphatic hydroxyl groups excluding tert-OH is 1. The van der Waals surface area contributed by atoms with Gasteiger partial charge in [0.15, 0.2) is 0 Å². The Morgan fingerprint density at radius 2 is 2.06 bits per heavy atom. The highest BCUT2D eigenvalue weighted by atomic mass is 16.5. The van der Waals surface area contributed by atoms with Gasteiger partial charge in [-0.05, 0) is 30.2 Å². The highest BCUT2D eigenvalue weighted by molar-refractivity contribution is 5.68. The highest BCUT2D eigenvalue weighted by Gasteiger charge is 2.62. The number of benzene rings is 1. The number of carbonyl (C=O) groups excluding carboxylic acids is 1. The molecule has 0 radical (unpaired) electrons. The molecular weight excluding hydrogens is 230 g/mol. The first-order valence-electron chi connectivity index (χ1n) is 6.33. The highest BCUT2D eigenvalue weighted by Crippen LogP contribution is 2.60. The van der Waals surface area contributed by atoms with Crippen LogP contribution in [-0.2, 0) is 11.3 Å². The number of ether oxygens (including phenoxy) is 1. The fourth-order valence-electron chi connectivity index (χ4n) is 2.79. The van der Waals surface area contributed by atoms with Crippen molar-refractivity contribution >= 4 is 6.09 Å². The molecule has 0 aliphatic heterocycles. The summed E-state index contributed by atoms with van der Waals surface area (Å²) in [6.07, 6.45) is 2.08. The first kappa shape index (κ1) is 11.5. The van der Waals surface area contributed by atoms with Crippen LogP contribution in [-0.4, -0.2) is 23.3 Å². The predicted molar refractivity (Wildman–Crippen MR) is 65.8 cm³/mol. The molecule has 1 aromatic rings. The molecule has 0 aromatic heterocycles. The van der Waals surface area contributed by atoms with Crippen LogP contribution in [0, 0.1) is 5.41 Å². The van der Waals surface area contributed by atoms with E-state index < -0.39 is 0 Å². The van der Waals surface area contributed by atoms with Gasteiger partial charge in [-0.25, -0.2) is 4.79 Å². The number of amides is 1. The van der Waals surface area contributed by atoms with E-state index in [0.717, 1.165) is 24.8 Å². The predicted octanol–water partition coefficient (Wildman–Crippen LogP) is 1.83. The van der Waals surface area contributed by atoms with Gasteiger partial charge in [-0.15, -0.1) is 0 Å². The maximum Gasteiger partial charge on any atom is 0.407 e. The monoisotopic (exact) mass is 247 g/mol. The fourth-order valence-corrected chi connectivity index (χ4v) is 2.79. The van der Waals surface area contributed by atoms with Gasteiger partial charge < -0.3 is 15.2 Å². The van der Waals surface area contributed by atoms with Crippen LogP contribution in [0.2, 0.25) is 0 Å². The molecule has 1 spiro atoms. The lowest BCUT2D eigenvalue weighted by molar-refractivity contribution is 0.0232. The van der Waals surface area contributed by atoms with Gasteiger partial charge in [-0.3, -0.25) is 0 Å². The van der Waals surface area contributed by atoms with E-state index in [-0.39, 0.29) is 23.7 Å². The Kier molecular flexibility index (Phi) is 2.74. The van der Waals surface area contributed by atoms with E-state index in [1.54, 1.807) is 0 Å². The van der Waals surface area contributed by atoms with Gasteiger partial charge in [-0.2, -0.15) is 0 Å². The summed E-state index contributed by atoms with van der Waals surface area (Å²) < 4.78 is 5.16. The zero-order chi connectivity index (χ0) is 12.6. The zero-order valence-electron chi connectivity index (χ0n) is 10.1. The van der Waals surface area contributed by atoms with Crippen molar-refractivity contribution in [3.63, 3.8) is 0 Å². The number of carbonyl (C=O) groups is 1. The Morgan fingerprint density at radius 1 is 1.33 bits per heavy atom. The van der Waals surface area contributed by atoms with Crippen molar-refractivity contribution in [3.8, 4) is 0 Å². The second-order valence-corrected chi connectivity index (χ2v) is 5.39. The molecule has 1 atom stereocenters. The molecule has 1 amide bonds. The first-order chi connectivity index (χ1) is 8.68. The second-order valence-electron chi connectivity index (χ2n) is 5.39. The van der Waals surface area contributed by atoms with Crippen LogP contribution in [0.15, 0.2) is 30.3 Å². The van der Waals surface area contributed by atoms with E-state index in [1.165, 1.54) is 0 Å². The fraction of sp³-hybridized carbons (Fsp3) is 0.500. The van der Waals surface area contributed by atoms with Gasteiger partial charge in [0.05, 0.1) is 6.10 Å². The molecule has 0 saturated heterocycles. The Bertz CT molecular complexity index is 440. The van der Waals surface area contributed by atoms with Crippen LogP contribution in [0.4, 0.5) is 4.79 Å². The third-order valence-electron chi connectivity index (χ3n) is 3.98. The van der Waals surface area contributed by atoms with Crippen LogP contribution < -0.4 is 5.32 Å². The molecule has 1 unspecified atom stereocenters. The maximum absolute atomic E-state index is 11.6. The van der Waals surface area contributed by atoms with Gasteiger partial charge in [-0.1, -0.05) is 30.3 Å². The number of nitrogens with one attached hydrogen (secondary N) is 1. The van der Waals surface area contributed by atoms with Crippen molar-refractivity contribution in [3.05, 3.63) is 35.9 Å². The summed E-state index contributed by atoms with van der Waals surface area (Å²) in [5.41, 5.74) is 1.17. The molecule has 18 heavy (non-hydrogen) atoms. The molecule has 1 aromatic carbocycles. The minimum atomic E-state index is -0.359. The SMILES string of the molecule is O=C(NC1CC12CC(O)C2)OCc1ccccc1. The van der Waals surface area contributed by atoms with E-state index in [0.29, 0.717) is 6.61 Å². The van der Waals surface area contributed by atoms with Crippen LogP contribution in [0.5, 0.6) is 0 Å². The lowest BCUT2D eigenvalue weighted by Gasteiger charge is -2.32. The quantitative estimate of drug-likeness (QED) is 0.856. The standard InChI is InChI=1S/C14H17NO3/c16-11-6-14(7-11)8-12(14)15-13(17)18-9-10-4-2-1-3-5-10/h1-5,11-12,16H,6-9H2,(H,15,17). The van der Waals surface area contributed by atoms with Gasteiger partial charge in [0.25, 0.3) is 0 Å². The number of alkyl carbamates (subject to hydrolysis) is 1. The summed E-state index contributed by atoms with van der Waals surface area (Å²) in [6.45, 7) is 0.301. The van der Waals surface area contributed by atoms with E-state index in [4.69, 9.17) is 4.74 Å². The summed E-state index contributed by atoms with van der Waals surface area (Å²) in [5, 5.41) is 12.1. The number of aliphatic hydroxyl groups is 1. The van der Waals surface area contributed by atoms with Crippen LogP contribution in [0.25, 0.3) is 0 Å². The third-order valence-corrected chi connectivity index (χ3v) is 3.98. The summed E-state index contributed by atoms with van der Waals surface area (Å²) in [7, 11) is 0. The van der Waals surface area contributed by atoms with Gasteiger partial charge in [0, 0.05) is 6.04 Å². The van der Waals surface area contributed by atoms with Gasteiger partial charge >= 0.3 is 6.09 Å². The molecule has 4 heteroatoms. The molecule has 96 valence electrons. The minimum absolute atomic E-state index is 0.169. The van der Waals surface area contributed by atoms with Crippen molar-refractivity contribution in [2.45, 2.75) is 38.0 Å². The lowest BCUT2D eigenvalue weighted by Crippen LogP contribution is -2.38. The smallest absolute Gasteiger partial charge is 0.407 e. The summed E-state index contributed by atoms with van der Waals surface area (Å²) in [6, 6.07) is 9.82. The number of rotatable bonds is 3. The maximum atomic E-state index is 11.6. The van der Waals surface area contributed by atoms with Crippen LogP contribution >= 0.6 is 0 Å². The van der Waals surface area contributed by atoms with Crippen LogP contribution in [0.1, 0.15) is 24.8 Å².